The number of hydrogen-bond donors (Lipinski definition) is 0. The van der Waals surface area contributed by atoms with Crippen molar-refractivity contribution < 1.29 is 16.5 Å². The maximum atomic E-state index is 6.37. The Morgan fingerprint density at radius 3 is 1.05 bits per heavy atom. The molecule has 1 radical (unpaired) electrons. The van der Waals surface area contributed by atoms with Crippen molar-refractivity contribution >= 4 is 42.3 Å². The van der Waals surface area contributed by atoms with Gasteiger partial charge in [0.15, 0.2) is 16.6 Å². The topological polar surface area (TPSA) is 36.9 Å². The lowest BCUT2D eigenvalue weighted by atomic mass is 11.8. The van der Waals surface area contributed by atoms with Gasteiger partial charge in [-0.3, -0.25) is 0 Å². The van der Waals surface area contributed by atoms with Crippen molar-refractivity contribution in [2.45, 2.75) is 72.0 Å². The van der Waals surface area contributed by atoms with Crippen molar-refractivity contribution in [3.63, 3.8) is 0 Å². The molecule has 0 aliphatic heterocycles. The molecule has 0 aliphatic carbocycles. The summed E-state index contributed by atoms with van der Waals surface area (Å²) in [7, 11) is -10.1. The molecule has 0 spiro atoms. The summed E-state index contributed by atoms with van der Waals surface area (Å²) < 4.78 is 25.1. The normalized spacial score (nSPS) is 15.4. The van der Waals surface area contributed by atoms with E-state index in [4.69, 9.17) is 16.5 Å². The minimum atomic E-state index is -2.28. The van der Waals surface area contributed by atoms with Crippen LogP contribution in [-0.2, 0) is 16.5 Å². The van der Waals surface area contributed by atoms with E-state index < -0.39 is 42.3 Å². The summed E-state index contributed by atoms with van der Waals surface area (Å²) >= 11 is 0. The average molecular weight is 384 g/mol. The Balaban J connectivity index is 4.83. The summed E-state index contributed by atoms with van der Waals surface area (Å²) in [4.78, 5) is 0. The first kappa shape index (κ1) is 21.9. The molecule has 0 aliphatic rings. The average Bonchev–Trinajstić information content (AvgIpc) is 1.83. The van der Waals surface area contributed by atoms with E-state index in [-0.39, 0.29) is 0 Å². The molecule has 0 aromatic carbocycles. The maximum absolute atomic E-state index is 6.37. The van der Waals surface area contributed by atoms with E-state index in [1.807, 2.05) is 0 Å². The fraction of sp³-hybridized carbons (Fsp3) is 0.917. The lowest BCUT2D eigenvalue weighted by Crippen LogP contribution is -2.58. The second-order valence-corrected chi connectivity index (χ2v) is 27.9. The Hall–Kier alpha value is 0.924. The molecule has 0 aromatic rings. The van der Waals surface area contributed by atoms with Gasteiger partial charge >= 0.3 is 25.7 Å². The monoisotopic (exact) mass is 383 g/mol. The predicted octanol–water partition coefficient (Wildman–Crippen LogP) is 4.57. The molecule has 21 heavy (non-hydrogen) atoms. The lowest BCUT2D eigenvalue weighted by Gasteiger charge is -2.41. The van der Waals surface area contributed by atoms with Crippen LogP contribution < -0.4 is 0 Å². The van der Waals surface area contributed by atoms with Crippen LogP contribution in [0.5, 0.6) is 0 Å². The van der Waals surface area contributed by atoms with Gasteiger partial charge in [-0.1, -0.05) is 0 Å². The van der Waals surface area contributed by atoms with Gasteiger partial charge in [-0.15, -0.1) is 0 Å². The SMILES string of the molecule is [CH2][Si](C)(C)O[Si](C)(C)O[Si](C)(C)O[Si](C)(C)O[Si](C)(C)C. The van der Waals surface area contributed by atoms with Gasteiger partial charge in [-0.25, -0.2) is 0 Å². The predicted molar refractivity (Wildman–Crippen MR) is 103 cm³/mol. The van der Waals surface area contributed by atoms with Gasteiger partial charge in [-0.2, -0.15) is 0 Å². The standard InChI is InChI=1S/C12H35O4Si5/c1-17(2,3)13-19(7,8)15-21(11,12)16-20(9,10)14-18(4,5)6/h1H2,2-12H3. The van der Waals surface area contributed by atoms with Gasteiger partial charge in [0.25, 0.3) is 0 Å². The fourth-order valence-corrected chi connectivity index (χ4v) is 25.0. The first-order valence-electron chi connectivity index (χ1n) is 7.49. The van der Waals surface area contributed by atoms with E-state index in [9.17, 15) is 0 Å². The highest BCUT2D eigenvalue weighted by molar-refractivity contribution is 6.90. The molecule has 0 rings (SSSR count). The van der Waals surface area contributed by atoms with Crippen LogP contribution in [0.2, 0.25) is 72.0 Å². The summed E-state index contributed by atoms with van der Waals surface area (Å²) in [5, 5.41) is 0. The van der Waals surface area contributed by atoms with Crippen LogP contribution in [-0.4, -0.2) is 42.3 Å². The molecule has 127 valence electrons. The van der Waals surface area contributed by atoms with Crippen molar-refractivity contribution in [3.8, 4) is 0 Å². The zero-order chi connectivity index (χ0) is 17.3. The van der Waals surface area contributed by atoms with Crippen LogP contribution >= 0.6 is 0 Å². The second kappa shape index (κ2) is 6.81. The number of rotatable bonds is 8. The van der Waals surface area contributed by atoms with Crippen LogP contribution in [0, 0.1) is 6.55 Å². The summed E-state index contributed by atoms with van der Waals surface area (Å²) in [6.07, 6.45) is 0. The Kier molecular flexibility index (Phi) is 7.11. The quantitative estimate of drug-likeness (QED) is 0.575. The summed E-state index contributed by atoms with van der Waals surface area (Å²) in [5.41, 5.74) is 0. The molecule has 0 aromatic heterocycles. The fourth-order valence-electron chi connectivity index (χ4n) is 2.65. The van der Waals surface area contributed by atoms with Crippen LogP contribution in [0.3, 0.4) is 0 Å². The Morgan fingerprint density at radius 1 is 0.476 bits per heavy atom. The maximum Gasteiger partial charge on any atom is 0.314 e. The Bertz CT molecular complexity index is 313. The largest absolute Gasteiger partial charge is 0.437 e. The van der Waals surface area contributed by atoms with Crippen molar-refractivity contribution in [1.29, 1.82) is 0 Å². The van der Waals surface area contributed by atoms with E-state index in [2.05, 4.69) is 78.6 Å². The smallest absolute Gasteiger partial charge is 0.314 e. The Morgan fingerprint density at radius 2 is 0.762 bits per heavy atom. The minimum Gasteiger partial charge on any atom is -0.437 e. The molecule has 0 amide bonds. The van der Waals surface area contributed by atoms with Gasteiger partial charge in [0, 0.05) is 0 Å². The highest BCUT2D eigenvalue weighted by Gasteiger charge is 2.44. The molecule has 0 heterocycles. The van der Waals surface area contributed by atoms with Crippen LogP contribution in [0.15, 0.2) is 0 Å². The molecule has 0 N–H and O–H groups in total. The highest BCUT2D eigenvalue weighted by Crippen LogP contribution is 2.25. The zero-order valence-electron chi connectivity index (χ0n) is 15.8. The second-order valence-electron chi connectivity index (χ2n) is 8.48. The summed E-state index contributed by atoms with van der Waals surface area (Å²) in [5.74, 6) is 0. The summed E-state index contributed by atoms with van der Waals surface area (Å²) in [6, 6.07) is 0. The van der Waals surface area contributed by atoms with Gasteiger partial charge in [-0.05, 0) is 78.6 Å². The first-order chi connectivity index (χ1) is 8.83. The molecular weight excluding hydrogens is 349 g/mol. The molecule has 0 unspecified atom stereocenters. The van der Waals surface area contributed by atoms with E-state index in [1.165, 1.54) is 0 Å². The van der Waals surface area contributed by atoms with Crippen LogP contribution in [0.25, 0.3) is 0 Å². The van der Waals surface area contributed by atoms with Gasteiger partial charge < -0.3 is 16.5 Å². The van der Waals surface area contributed by atoms with E-state index in [0.717, 1.165) is 0 Å². The van der Waals surface area contributed by atoms with Gasteiger partial charge in [0.05, 0.1) is 0 Å². The molecule has 0 saturated heterocycles. The Labute approximate surface area is 137 Å². The third-order valence-electron chi connectivity index (χ3n) is 2.06. The van der Waals surface area contributed by atoms with Crippen LogP contribution in [0.4, 0.5) is 0 Å². The molecule has 0 fully saturated rings. The third-order valence-corrected chi connectivity index (χ3v) is 18.5. The number of hydrogen-bond acceptors (Lipinski definition) is 4. The minimum absolute atomic E-state index is 1.61. The molecule has 0 atom stereocenters. The van der Waals surface area contributed by atoms with E-state index in [1.54, 1.807) is 0 Å². The van der Waals surface area contributed by atoms with Gasteiger partial charge in [0.2, 0.25) is 0 Å². The van der Waals surface area contributed by atoms with Gasteiger partial charge in [0.1, 0.15) is 0 Å². The molecule has 0 bridgehead atoms. The van der Waals surface area contributed by atoms with Crippen molar-refractivity contribution in [2.24, 2.45) is 0 Å². The van der Waals surface area contributed by atoms with Crippen LogP contribution in [0.1, 0.15) is 0 Å². The lowest BCUT2D eigenvalue weighted by molar-refractivity contribution is 0.300. The van der Waals surface area contributed by atoms with Crippen molar-refractivity contribution in [3.05, 3.63) is 6.55 Å². The molecule has 0 saturated carbocycles. The van der Waals surface area contributed by atoms with E-state index >= 15 is 0 Å². The molecule has 9 heteroatoms. The molecule has 4 nitrogen and oxygen atoms in total. The zero-order valence-corrected chi connectivity index (χ0v) is 20.8. The van der Waals surface area contributed by atoms with E-state index in [0.29, 0.717) is 0 Å². The van der Waals surface area contributed by atoms with Crippen molar-refractivity contribution in [2.75, 3.05) is 0 Å². The highest BCUT2D eigenvalue weighted by atomic mass is 28.5. The van der Waals surface area contributed by atoms with Crippen molar-refractivity contribution in [1.82, 2.24) is 0 Å². The first-order valence-corrected chi connectivity index (χ1v) is 22.5. The molecular formula is C12H35O4Si5. The third kappa shape index (κ3) is 12.1. The summed E-state index contributed by atoms with van der Waals surface area (Å²) in [6.45, 7) is 27.5.